The molecule has 1 heterocycles. The molecule has 0 saturated heterocycles. The fraction of sp³-hybridized carbons (Fsp3) is 0.400. The molecular weight excluding hydrogens is 208 g/mol. The number of fused-ring (bicyclic) bond motifs is 1. The van der Waals surface area contributed by atoms with E-state index in [0.717, 1.165) is 13.1 Å². The van der Waals surface area contributed by atoms with E-state index in [-0.39, 0.29) is 0 Å². The van der Waals surface area contributed by atoms with Crippen LogP contribution in [0.4, 0.5) is 0 Å². The first kappa shape index (κ1) is 10.7. The van der Waals surface area contributed by atoms with Gasteiger partial charge in [0.2, 0.25) is 0 Å². The highest BCUT2D eigenvalue weighted by Crippen LogP contribution is 2.44. The molecule has 1 N–H and O–H groups in total. The predicted molar refractivity (Wildman–Crippen MR) is 70.8 cm³/mol. The monoisotopic (exact) mass is 226 g/mol. The van der Waals surface area contributed by atoms with Crippen molar-refractivity contribution in [2.24, 2.45) is 5.41 Å². The fourth-order valence-electron chi connectivity index (χ4n) is 2.14. The molecule has 3 rings (SSSR count). The van der Waals surface area contributed by atoms with Crippen molar-refractivity contribution in [3.63, 3.8) is 0 Å². The number of hydrogen-bond donors (Lipinski definition) is 1. The van der Waals surface area contributed by atoms with Crippen molar-refractivity contribution in [1.82, 2.24) is 10.3 Å². The van der Waals surface area contributed by atoms with Crippen LogP contribution in [-0.2, 0) is 6.54 Å². The van der Waals surface area contributed by atoms with Gasteiger partial charge in [-0.3, -0.25) is 4.98 Å². The molecule has 1 aliphatic rings. The normalized spacial score (nSPS) is 17.2. The van der Waals surface area contributed by atoms with E-state index in [1.807, 2.05) is 12.4 Å². The van der Waals surface area contributed by atoms with Crippen LogP contribution in [0, 0.1) is 5.41 Å². The largest absolute Gasteiger partial charge is 0.312 e. The van der Waals surface area contributed by atoms with Crippen LogP contribution in [0.2, 0.25) is 0 Å². The summed E-state index contributed by atoms with van der Waals surface area (Å²) in [6.07, 6.45) is 6.52. The Morgan fingerprint density at radius 2 is 2.12 bits per heavy atom. The summed E-state index contributed by atoms with van der Waals surface area (Å²) < 4.78 is 0. The Balaban J connectivity index is 1.68. The molecule has 0 spiro atoms. The lowest BCUT2D eigenvalue weighted by molar-refractivity contribution is 0.499. The maximum absolute atomic E-state index is 4.13. The molecule has 1 fully saturated rings. The Morgan fingerprint density at radius 3 is 2.94 bits per heavy atom. The van der Waals surface area contributed by atoms with E-state index in [1.165, 1.54) is 29.2 Å². The van der Waals surface area contributed by atoms with Gasteiger partial charge < -0.3 is 5.32 Å². The Kier molecular flexibility index (Phi) is 2.60. The van der Waals surface area contributed by atoms with Gasteiger partial charge in [0.1, 0.15) is 0 Å². The minimum Gasteiger partial charge on any atom is -0.312 e. The van der Waals surface area contributed by atoms with Gasteiger partial charge in [-0.25, -0.2) is 0 Å². The predicted octanol–water partition coefficient (Wildman–Crippen LogP) is 3.12. The van der Waals surface area contributed by atoms with Crippen LogP contribution in [0.1, 0.15) is 25.3 Å². The van der Waals surface area contributed by atoms with Crippen molar-refractivity contribution < 1.29 is 0 Å². The summed E-state index contributed by atoms with van der Waals surface area (Å²) in [4.78, 5) is 4.13. The lowest BCUT2D eigenvalue weighted by Crippen LogP contribution is -2.21. The quantitative estimate of drug-likeness (QED) is 0.866. The van der Waals surface area contributed by atoms with Crippen molar-refractivity contribution in [2.45, 2.75) is 26.3 Å². The van der Waals surface area contributed by atoms with E-state index in [1.54, 1.807) is 0 Å². The Bertz CT molecular complexity index is 529. The molecular formula is C15H18N2. The van der Waals surface area contributed by atoms with Crippen LogP contribution in [-0.4, -0.2) is 11.5 Å². The zero-order valence-electron chi connectivity index (χ0n) is 10.2. The number of aromatic nitrogens is 1. The molecule has 1 aliphatic carbocycles. The van der Waals surface area contributed by atoms with E-state index >= 15 is 0 Å². The molecule has 2 nitrogen and oxygen atoms in total. The standard InChI is InChI=1S/C15H18N2/c1-15(5-6-15)11-17-9-12-2-3-14-10-16-7-4-13(14)8-12/h2-4,7-8,10,17H,5-6,9,11H2,1H3. The third-order valence-electron chi connectivity index (χ3n) is 3.69. The van der Waals surface area contributed by atoms with Crippen LogP contribution >= 0.6 is 0 Å². The van der Waals surface area contributed by atoms with Gasteiger partial charge >= 0.3 is 0 Å². The summed E-state index contributed by atoms with van der Waals surface area (Å²) in [5.74, 6) is 0. The van der Waals surface area contributed by atoms with Crippen LogP contribution in [0.3, 0.4) is 0 Å². The summed E-state index contributed by atoms with van der Waals surface area (Å²) >= 11 is 0. The van der Waals surface area contributed by atoms with E-state index in [4.69, 9.17) is 0 Å². The average molecular weight is 226 g/mol. The number of rotatable bonds is 4. The van der Waals surface area contributed by atoms with Gasteiger partial charge in [0, 0.05) is 30.9 Å². The van der Waals surface area contributed by atoms with Gasteiger partial charge in [0.25, 0.3) is 0 Å². The number of hydrogen-bond acceptors (Lipinski definition) is 2. The van der Waals surface area contributed by atoms with Gasteiger partial charge in [-0.2, -0.15) is 0 Å². The maximum atomic E-state index is 4.13. The molecule has 0 radical (unpaired) electrons. The molecule has 1 aromatic carbocycles. The second kappa shape index (κ2) is 4.11. The zero-order chi connectivity index (χ0) is 11.7. The molecule has 2 aromatic rings. The third-order valence-corrected chi connectivity index (χ3v) is 3.69. The average Bonchev–Trinajstić information content (AvgIpc) is 3.07. The summed E-state index contributed by atoms with van der Waals surface area (Å²) in [6.45, 7) is 4.46. The van der Waals surface area contributed by atoms with Crippen molar-refractivity contribution in [1.29, 1.82) is 0 Å². The van der Waals surface area contributed by atoms with Gasteiger partial charge in [-0.15, -0.1) is 0 Å². The maximum Gasteiger partial charge on any atom is 0.0346 e. The van der Waals surface area contributed by atoms with Gasteiger partial charge in [0.05, 0.1) is 0 Å². The highest BCUT2D eigenvalue weighted by Gasteiger charge is 2.36. The number of nitrogens with one attached hydrogen (secondary N) is 1. The molecule has 88 valence electrons. The Labute approximate surface area is 102 Å². The molecule has 0 bridgehead atoms. The van der Waals surface area contributed by atoms with Gasteiger partial charge in [-0.05, 0) is 41.3 Å². The number of benzene rings is 1. The third kappa shape index (κ3) is 2.47. The second-order valence-electron chi connectivity index (χ2n) is 5.47. The summed E-state index contributed by atoms with van der Waals surface area (Å²) in [5, 5.41) is 6.04. The van der Waals surface area contributed by atoms with Crippen LogP contribution in [0.5, 0.6) is 0 Å². The minimum atomic E-state index is 0.584. The molecule has 0 atom stereocenters. The van der Waals surface area contributed by atoms with Crippen molar-refractivity contribution in [3.8, 4) is 0 Å². The summed E-state index contributed by atoms with van der Waals surface area (Å²) in [7, 11) is 0. The first-order valence-electron chi connectivity index (χ1n) is 6.29. The molecule has 0 aliphatic heterocycles. The van der Waals surface area contributed by atoms with Gasteiger partial charge in [-0.1, -0.05) is 19.1 Å². The highest BCUT2D eigenvalue weighted by atomic mass is 14.9. The molecule has 0 unspecified atom stereocenters. The molecule has 1 aromatic heterocycles. The molecule has 2 heteroatoms. The first-order valence-corrected chi connectivity index (χ1v) is 6.29. The molecule has 1 saturated carbocycles. The lowest BCUT2D eigenvalue weighted by Gasteiger charge is -2.10. The van der Waals surface area contributed by atoms with Crippen molar-refractivity contribution in [2.75, 3.05) is 6.54 Å². The fourth-order valence-corrected chi connectivity index (χ4v) is 2.14. The molecule has 0 amide bonds. The van der Waals surface area contributed by atoms with Crippen LogP contribution in [0.15, 0.2) is 36.7 Å². The van der Waals surface area contributed by atoms with E-state index in [0.29, 0.717) is 5.41 Å². The second-order valence-corrected chi connectivity index (χ2v) is 5.47. The van der Waals surface area contributed by atoms with Crippen molar-refractivity contribution in [3.05, 3.63) is 42.2 Å². The first-order chi connectivity index (χ1) is 8.25. The summed E-state index contributed by atoms with van der Waals surface area (Å²) in [5.41, 5.74) is 1.94. The lowest BCUT2D eigenvalue weighted by atomic mass is 10.1. The molecule has 17 heavy (non-hydrogen) atoms. The van der Waals surface area contributed by atoms with Crippen LogP contribution < -0.4 is 5.32 Å². The number of nitrogens with zero attached hydrogens (tertiary/aromatic N) is 1. The van der Waals surface area contributed by atoms with E-state index in [2.05, 4.69) is 41.5 Å². The van der Waals surface area contributed by atoms with Crippen LogP contribution in [0.25, 0.3) is 10.8 Å². The Hall–Kier alpha value is -1.41. The highest BCUT2D eigenvalue weighted by molar-refractivity contribution is 5.81. The SMILES string of the molecule is CC1(CNCc2ccc3cnccc3c2)CC1. The topological polar surface area (TPSA) is 24.9 Å². The van der Waals surface area contributed by atoms with Crippen molar-refractivity contribution >= 4 is 10.8 Å². The zero-order valence-corrected chi connectivity index (χ0v) is 10.2. The smallest absolute Gasteiger partial charge is 0.0346 e. The Morgan fingerprint density at radius 1 is 1.24 bits per heavy atom. The van der Waals surface area contributed by atoms with Gasteiger partial charge in [0.15, 0.2) is 0 Å². The summed E-state index contributed by atoms with van der Waals surface area (Å²) in [6, 6.07) is 8.66. The van der Waals surface area contributed by atoms with E-state index < -0.39 is 0 Å². The minimum absolute atomic E-state index is 0.584. The van der Waals surface area contributed by atoms with E-state index in [9.17, 15) is 0 Å². The number of pyridine rings is 1.